The Morgan fingerprint density at radius 3 is 2.67 bits per heavy atom. The number of benzene rings is 1. The van der Waals surface area contributed by atoms with E-state index < -0.39 is 18.4 Å². The molecule has 2 aliphatic rings. The van der Waals surface area contributed by atoms with Gasteiger partial charge in [0.1, 0.15) is 28.8 Å². The lowest BCUT2D eigenvalue weighted by Gasteiger charge is -2.30. The highest BCUT2D eigenvalue weighted by Crippen LogP contribution is 2.29. The number of alkyl halides is 2. The first-order valence-electron chi connectivity index (χ1n) is 13.4. The Morgan fingerprint density at radius 2 is 2.05 bits per heavy atom. The van der Waals surface area contributed by atoms with Gasteiger partial charge in [-0.15, -0.1) is 0 Å². The van der Waals surface area contributed by atoms with Crippen molar-refractivity contribution < 1.29 is 23.1 Å². The van der Waals surface area contributed by atoms with Crippen molar-refractivity contribution in [2.45, 2.75) is 51.7 Å². The minimum Gasteiger partial charge on any atom is -0.434 e. The van der Waals surface area contributed by atoms with Crippen molar-refractivity contribution in [1.82, 2.24) is 15.5 Å². The standard InChI is InChI=1S/C28H35ClF2N8O3/c1-17(40)5-2-3-12-39-13-8-19(9-14-39)37-16-21(24(32)20-15-18(29)6-7-22(20)42-28(30)31)38-27(41)23(25(33)34)26-35-10-4-11-36-26/h4,6-7,10-11,15-16,19,28,35H,2-3,5,8-9,12-14,32H2,1H3,(H3,33,34)(H,38,41)/b24-21?,26-23-,37-16?. The number of halogens is 3. The van der Waals surface area contributed by atoms with Gasteiger partial charge in [0.15, 0.2) is 0 Å². The van der Waals surface area contributed by atoms with Gasteiger partial charge in [-0.3, -0.25) is 15.2 Å². The summed E-state index contributed by atoms with van der Waals surface area (Å²) in [6.45, 7) is 0.974. The van der Waals surface area contributed by atoms with E-state index in [-0.39, 0.29) is 50.9 Å². The number of piperidine rings is 1. The number of ketones is 1. The lowest BCUT2D eigenvalue weighted by atomic mass is 10.0. The van der Waals surface area contributed by atoms with Crippen molar-refractivity contribution in [2.75, 3.05) is 19.6 Å². The number of ether oxygens (including phenoxy) is 1. The molecule has 226 valence electrons. The van der Waals surface area contributed by atoms with Crippen LogP contribution in [0.15, 0.2) is 57.6 Å². The number of carbonyl (C=O) groups is 2. The second-order valence-electron chi connectivity index (χ2n) is 9.73. The minimum atomic E-state index is -3.13. The Hall–Kier alpha value is -4.10. The fourth-order valence-corrected chi connectivity index (χ4v) is 4.58. The van der Waals surface area contributed by atoms with Crippen LogP contribution in [0.25, 0.3) is 5.70 Å². The van der Waals surface area contributed by atoms with E-state index >= 15 is 0 Å². The largest absolute Gasteiger partial charge is 0.434 e. The summed E-state index contributed by atoms with van der Waals surface area (Å²) in [7, 11) is 0. The average molecular weight is 605 g/mol. The molecule has 11 nitrogen and oxygen atoms in total. The molecule has 1 saturated heterocycles. The minimum absolute atomic E-state index is 0.0127. The molecule has 0 aliphatic carbocycles. The van der Waals surface area contributed by atoms with E-state index in [4.69, 9.17) is 28.5 Å². The van der Waals surface area contributed by atoms with Crippen molar-refractivity contribution >= 4 is 47.3 Å². The molecule has 1 amide bonds. The van der Waals surface area contributed by atoms with E-state index in [2.05, 4.69) is 30.3 Å². The van der Waals surface area contributed by atoms with Gasteiger partial charge in [0.25, 0.3) is 5.91 Å². The maximum atomic E-state index is 13.3. The van der Waals surface area contributed by atoms with E-state index in [0.29, 0.717) is 6.42 Å². The van der Waals surface area contributed by atoms with Crippen LogP contribution < -0.4 is 26.8 Å². The van der Waals surface area contributed by atoms with Crippen LogP contribution in [0, 0.1) is 5.41 Å². The third kappa shape index (κ3) is 9.77. The monoisotopic (exact) mass is 604 g/mol. The molecule has 1 fully saturated rings. The second kappa shape index (κ2) is 15.8. The molecule has 0 aromatic heterocycles. The van der Waals surface area contributed by atoms with Gasteiger partial charge in [-0.05, 0) is 63.4 Å². The molecule has 0 spiro atoms. The van der Waals surface area contributed by atoms with Gasteiger partial charge in [-0.1, -0.05) is 11.6 Å². The number of nitrogens with one attached hydrogen (secondary N) is 3. The SMILES string of the molecule is CC(=O)CCCCN1CCC(N=CC(NC(=O)/C(C(=N)N)=C2\N=CC=CN2)=C(N)c2cc(Cl)ccc2OC(F)F)CC1. The zero-order valence-corrected chi connectivity index (χ0v) is 24.0. The van der Waals surface area contributed by atoms with Crippen LogP contribution in [0.4, 0.5) is 8.78 Å². The number of nitrogens with zero attached hydrogens (tertiary/aromatic N) is 3. The number of aliphatic imine (C=N–C) groups is 2. The number of hydrogen-bond donors (Lipinski definition) is 5. The second-order valence-corrected chi connectivity index (χ2v) is 10.2. The summed E-state index contributed by atoms with van der Waals surface area (Å²) in [6, 6.07) is 3.86. The van der Waals surface area contributed by atoms with Crippen LogP contribution in [0.2, 0.25) is 5.02 Å². The molecular weight excluding hydrogens is 570 g/mol. The molecule has 0 atom stereocenters. The summed E-state index contributed by atoms with van der Waals surface area (Å²) in [5.41, 5.74) is 11.7. The van der Waals surface area contributed by atoms with Gasteiger partial charge in [0, 0.05) is 48.7 Å². The molecule has 2 aliphatic heterocycles. The summed E-state index contributed by atoms with van der Waals surface area (Å²) < 4.78 is 30.9. The van der Waals surface area contributed by atoms with Gasteiger partial charge >= 0.3 is 6.61 Å². The Bertz CT molecular complexity index is 1320. The summed E-state index contributed by atoms with van der Waals surface area (Å²) >= 11 is 6.13. The first-order valence-corrected chi connectivity index (χ1v) is 13.8. The molecule has 14 heteroatoms. The van der Waals surface area contributed by atoms with Crippen molar-refractivity contribution in [3.05, 3.63) is 58.2 Å². The number of unbranched alkanes of at least 4 members (excludes halogenated alkanes) is 1. The summed E-state index contributed by atoms with van der Waals surface area (Å²) in [5, 5.41) is 13.5. The Balaban J connectivity index is 1.87. The van der Waals surface area contributed by atoms with Crippen LogP contribution in [-0.4, -0.2) is 67.1 Å². The number of likely N-dealkylation sites (tertiary alicyclic amines) is 1. The van der Waals surface area contributed by atoms with Crippen molar-refractivity contribution in [3.8, 4) is 5.75 Å². The number of amides is 1. The topological polar surface area (TPSA) is 171 Å². The molecule has 0 radical (unpaired) electrons. The van der Waals surface area contributed by atoms with E-state index in [9.17, 15) is 18.4 Å². The van der Waals surface area contributed by atoms with Gasteiger partial charge in [0.2, 0.25) is 0 Å². The predicted octanol–water partition coefficient (Wildman–Crippen LogP) is 3.31. The van der Waals surface area contributed by atoms with Crippen molar-refractivity contribution in [1.29, 1.82) is 5.41 Å². The zero-order chi connectivity index (χ0) is 30.6. The van der Waals surface area contributed by atoms with Gasteiger partial charge in [-0.25, -0.2) is 4.99 Å². The molecule has 2 heterocycles. The van der Waals surface area contributed by atoms with Gasteiger partial charge in [0.05, 0.1) is 17.4 Å². The smallest absolute Gasteiger partial charge is 0.387 e. The molecule has 0 unspecified atom stereocenters. The highest BCUT2D eigenvalue weighted by atomic mass is 35.5. The highest BCUT2D eigenvalue weighted by molar-refractivity contribution is 6.30. The fourth-order valence-electron chi connectivity index (χ4n) is 4.41. The summed E-state index contributed by atoms with van der Waals surface area (Å²) in [4.78, 5) is 35.5. The molecule has 42 heavy (non-hydrogen) atoms. The fraction of sp³-hybridized carbons (Fsp3) is 0.393. The van der Waals surface area contributed by atoms with Gasteiger partial charge < -0.3 is 36.5 Å². The maximum Gasteiger partial charge on any atom is 0.387 e. The van der Waals surface area contributed by atoms with E-state index in [0.717, 1.165) is 45.3 Å². The number of carbonyl (C=O) groups excluding carboxylic acids is 2. The molecule has 1 aromatic rings. The first-order chi connectivity index (χ1) is 20.0. The molecule has 0 bridgehead atoms. The van der Waals surface area contributed by atoms with Crippen LogP contribution >= 0.6 is 11.6 Å². The Morgan fingerprint density at radius 1 is 1.31 bits per heavy atom. The van der Waals surface area contributed by atoms with E-state index in [1.807, 2.05) is 0 Å². The van der Waals surface area contributed by atoms with Crippen LogP contribution in [0.3, 0.4) is 0 Å². The first kappa shape index (κ1) is 32.4. The maximum absolute atomic E-state index is 13.3. The lowest BCUT2D eigenvalue weighted by molar-refractivity contribution is -0.117. The Labute approximate surface area is 247 Å². The van der Waals surface area contributed by atoms with Crippen LogP contribution in [-0.2, 0) is 9.59 Å². The van der Waals surface area contributed by atoms with Crippen molar-refractivity contribution in [2.24, 2.45) is 21.5 Å². The average Bonchev–Trinajstić information content (AvgIpc) is 2.94. The number of rotatable bonds is 13. The quantitative estimate of drug-likeness (QED) is 0.0994. The molecule has 1 aromatic carbocycles. The van der Waals surface area contributed by atoms with E-state index in [1.54, 1.807) is 13.0 Å². The third-order valence-corrected chi connectivity index (χ3v) is 6.79. The molecule has 0 saturated carbocycles. The van der Waals surface area contributed by atoms with E-state index in [1.165, 1.54) is 36.8 Å². The molecule has 7 N–H and O–H groups in total. The number of hydrogen-bond acceptors (Lipinski definition) is 9. The molecular formula is C28H35ClF2N8O3. The van der Waals surface area contributed by atoms with Crippen LogP contribution in [0.1, 0.15) is 44.6 Å². The summed E-state index contributed by atoms with van der Waals surface area (Å²) in [5.74, 6) is -1.40. The van der Waals surface area contributed by atoms with Gasteiger partial charge in [-0.2, -0.15) is 8.78 Å². The number of allylic oxidation sites excluding steroid dienone is 2. The molecule has 3 rings (SSSR count). The summed E-state index contributed by atoms with van der Waals surface area (Å²) in [6.07, 6.45) is 9.77. The number of Topliss-reactive ketones (excluding diaryl/α,β-unsaturated/α-hetero) is 1. The normalized spacial score (nSPS) is 17.6. The lowest BCUT2D eigenvalue weighted by Crippen LogP contribution is -2.37. The third-order valence-electron chi connectivity index (χ3n) is 6.55. The Kier molecular flexibility index (Phi) is 12.2. The number of amidine groups is 1. The predicted molar refractivity (Wildman–Crippen MR) is 160 cm³/mol. The zero-order valence-electron chi connectivity index (χ0n) is 23.2. The number of nitrogens with two attached hydrogens (primary N) is 2. The van der Waals surface area contributed by atoms with Crippen molar-refractivity contribution in [3.63, 3.8) is 0 Å². The highest BCUT2D eigenvalue weighted by Gasteiger charge is 2.23. The van der Waals surface area contributed by atoms with Crippen LogP contribution in [0.5, 0.6) is 5.75 Å².